The summed E-state index contributed by atoms with van der Waals surface area (Å²) < 4.78 is 13.7. The van der Waals surface area contributed by atoms with E-state index < -0.39 is 16.6 Å². The molecule has 4 aliphatic rings. The summed E-state index contributed by atoms with van der Waals surface area (Å²) in [7, 11) is -3.24. The number of carbonyl (C=O) groups is 1. The van der Waals surface area contributed by atoms with Crippen LogP contribution in [0.3, 0.4) is 0 Å². The zero-order valence-corrected chi connectivity index (χ0v) is 22.6. The zero-order valence-electron chi connectivity index (χ0n) is 20.6. The molecule has 0 spiro atoms. The predicted molar refractivity (Wildman–Crippen MR) is 129 cm³/mol. The predicted octanol–water partition coefficient (Wildman–Crippen LogP) is 6.57. The van der Waals surface area contributed by atoms with Crippen LogP contribution in [0, 0.1) is 28.6 Å². The molecule has 2 unspecified atom stereocenters. The number of hydrogen-bond acceptors (Lipinski definition) is 3. The van der Waals surface area contributed by atoms with Gasteiger partial charge < -0.3 is 8.85 Å². The Kier molecular flexibility index (Phi) is 5.65. The molecule has 0 aromatic rings. The first-order valence-electron chi connectivity index (χ1n) is 12.3. The fourth-order valence-electron chi connectivity index (χ4n) is 7.65. The third-order valence-electron chi connectivity index (χ3n) is 8.87. The molecule has 0 heterocycles. The normalized spacial score (nSPS) is 44.2. The maximum absolute atomic E-state index is 12.3. The Balaban J connectivity index is 1.71. The van der Waals surface area contributed by atoms with Gasteiger partial charge in [0, 0.05) is 6.42 Å². The molecule has 170 valence electrons. The van der Waals surface area contributed by atoms with Crippen LogP contribution in [0.2, 0.25) is 39.3 Å². The van der Waals surface area contributed by atoms with Crippen molar-refractivity contribution in [1.29, 1.82) is 0 Å². The Hall–Kier alpha value is -0.236. The molecule has 0 N–H and O–H groups in total. The molecule has 3 fully saturated rings. The van der Waals surface area contributed by atoms with Gasteiger partial charge in [0.1, 0.15) is 0 Å². The van der Waals surface area contributed by atoms with E-state index in [9.17, 15) is 4.79 Å². The molecule has 3 nitrogen and oxygen atoms in total. The molecule has 0 bridgehead atoms. The molecule has 0 amide bonds. The minimum atomic E-state index is -1.68. The van der Waals surface area contributed by atoms with Crippen LogP contribution in [-0.2, 0) is 13.6 Å². The monoisotopic (exact) mass is 448 g/mol. The molecule has 0 radical (unpaired) electrons. The Morgan fingerprint density at radius 2 is 1.57 bits per heavy atom. The summed E-state index contributed by atoms with van der Waals surface area (Å²) in [4.78, 5) is 12.3. The second-order valence-electron chi connectivity index (χ2n) is 13.2. The lowest BCUT2D eigenvalue weighted by Gasteiger charge is -2.60. The third-order valence-corrected chi connectivity index (χ3v) is 10.9. The van der Waals surface area contributed by atoms with Crippen molar-refractivity contribution < 1.29 is 13.6 Å². The standard InChI is InChI=1S/C25H44O3Si2/c1-24-13-11-18(26)15-17(24)16-21(27-29(3,4)5)23-19-9-10-22(28-30(6,7)8)25(19,2)14-12-20(23)24/h15,19-23H,9-14,16H2,1-8H3/t19-,20+,21?,22?,23-,24-,25-/m0/s1. The van der Waals surface area contributed by atoms with Crippen molar-refractivity contribution >= 4 is 22.4 Å². The maximum atomic E-state index is 12.3. The highest BCUT2D eigenvalue weighted by Crippen LogP contribution is 2.66. The van der Waals surface area contributed by atoms with Crippen molar-refractivity contribution in [2.45, 2.75) is 110 Å². The minimum absolute atomic E-state index is 0.191. The molecule has 0 aromatic heterocycles. The van der Waals surface area contributed by atoms with Gasteiger partial charge in [-0.15, -0.1) is 0 Å². The van der Waals surface area contributed by atoms with Gasteiger partial charge in [-0.2, -0.15) is 0 Å². The van der Waals surface area contributed by atoms with Gasteiger partial charge in [0.2, 0.25) is 0 Å². The van der Waals surface area contributed by atoms with Crippen molar-refractivity contribution in [2.24, 2.45) is 28.6 Å². The molecule has 3 saturated carbocycles. The largest absolute Gasteiger partial charge is 0.414 e. The fourth-order valence-corrected chi connectivity index (χ4v) is 10.0. The van der Waals surface area contributed by atoms with E-state index in [1.165, 1.54) is 31.3 Å². The van der Waals surface area contributed by atoms with Gasteiger partial charge in [-0.1, -0.05) is 19.4 Å². The maximum Gasteiger partial charge on any atom is 0.184 e. The number of rotatable bonds is 4. The highest BCUT2D eigenvalue weighted by molar-refractivity contribution is 6.70. The Bertz CT molecular complexity index is 734. The first-order valence-corrected chi connectivity index (χ1v) is 19.1. The molecule has 0 aromatic carbocycles. The van der Waals surface area contributed by atoms with Crippen LogP contribution in [0.15, 0.2) is 11.6 Å². The minimum Gasteiger partial charge on any atom is -0.414 e. The smallest absolute Gasteiger partial charge is 0.184 e. The first-order chi connectivity index (χ1) is 13.7. The van der Waals surface area contributed by atoms with Crippen LogP contribution >= 0.6 is 0 Å². The van der Waals surface area contributed by atoms with Gasteiger partial charge in [0.15, 0.2) is 22.4 Å². The van der Waals surface area contributed by atoms with Crippen LogP contribution in [0.25, 0.3) is 0 Å². The van der Waals surface area contributed by atoms with Gasteiger partial charge in [-0.05, 0) is 112 Å². The third kappa shape index (κ3) is 3.97. The lowest BCUT2D eigenvalue weighted by Crippen LogP contribution is -2.58. The summed E-state index contributed by atoms with van der Waals surface area (Å²) in [5.41, 5.74) is 1.88. The van der Waals surface area contributed by atoms with E-state index in [0.29, 0.717) is 29.6 Å². The van der Waals surface area contributed by atoms with Crippen LogP contribution in [0.4, 0.5) is 0 Å². The second-order valence-corrected chi connectivity index (χ2v) is 22.1. The highest BCUT2D eigenvalue weighted by Gasteiger charge is 2.62. The molecule has 4 rings (SSSR count). The van der Waals surface area contributed by atoms with E-state index in [1.54, 1.807) is 0 Å². The lowest BCUT2D eigenvalue weighted by molar-refractivity contribution is -0.124. The molecule has 5 heteroatoms. The first kappa shape index (κ1) is 22.9. The van der Waals surface area contributed by atoms with E-state index in [4.69, 9.17) is 8.85 Å². The van der Waals surface area contributed by atoms with E-state index >= 15 is 0 Å². The summed E-state index contributed by atoms with van der Waals surface area (Å²) in [5.74, 6) is 2.28. The molecular weight excluding hydrogens is 404 g/mol. The summed E-state index contributed by atoms with van der Waals surface area (Å²) in [5, 5.41) is 0. The number of fused-ring (bicyclic) bond motifs is 5. The summed E-state index contributed by atoms with van der Waals surface area (Å²) in [6, 6.07) is 0. The molecular formula is C25H44O3Si2. The van der Waals surface area contributed by atoms with Crippen molar-refractivity contribution in [2.75, 3.05) is 0 Å². The van der Waals surface area contributed by atoms with Crippen LogP contribution in [-0.4, -0.2) is 34.6 Å². The van der Waals surface area contributed by atoms with E-state index in [2.05, 4.69) is 53.1 Å². The fraction of sp³-hybridized carbons (Fsp3) is 0.880. The van der Waals surface area contributed by atoms with E-state index in [0.717, 1.165) is 19.3 Å². The highest BCUT2D eigenvalue weighted by atomic mass is 28.4. The van der Waals surface area contributed by atoms with Gasteiger partial charge in [-0.3, -0.25) is 4.79 Å². The van der Waals surface area contributed by atoms with Crippen LogP contribution in [0.5, 0.6) is 0 Å². The Labute approximate surface area is 186 Å². The summed E-state index contributed by atoms with van der Waals surface area (Å²) in [6.07, 6.45) is 10.5. The Morgan fingerprint density at radius 3 is 2.20 bits per heavy atom. The van der Waals surface area contributed by atoms with E-state index in [-0.39, 0.29) is 16.9 Å². The van der Waals surface area contributed by atoms with Crippen molar-refractivity contribution in [3.63, 3.8) is 0 Å². The van der Waals surface area contributed by atoms with Gasteiger partial charge in [0.25, 0.3) is 0 Å². The van der Waals surface area contributed by atoms with E-state index in [1.807, 2.05) is 6.08 Å². The van der Waals surface area contributed by atoms with Gasteiger partial charge >= 0.3 is 0 Å². The summed E-state index contributed by atoms with van der Waals surface area (Å²) >= 11 is 0. The number of carbonyl (C=O) groups excluding carboxylic acids is 1. The topological polar surface area (TPSA) is 35.5 Å². The van der Waals surface area contributed by atoms with Crippen molar-refractivity contribution in [3.05, 3.63) is 11.6 Å². The second kappa shape index (κ2) is 7.39. The van der Waals surface area contributed by atoms with Crippen molar-refractivity contribution in [3.8, 4) is 0 Å². The number of hydrogen-bond donors (Lipinski definition) is 0. The lowest BCUT2D eigenvalue weighted by atomic mass is 9.46. The molecule has 4 aliphatic carbocycles. The molecule has 30 heavy (non-hydrogen) atoms. The van der Waals surface area contributed by atoms with Crippen LogP contribution < -0.4 is 0 Å². The molecule has 0 saturated heterocycles. The Morgan fingerprint density at radius 1 is 0.900 bits per heavy atom. The molecule has 7 atom stereocenters. The van der Waals surface area contributed by atoms with Crippen molar-refractivity contribution in [1.82, 2.24) is 0 Å². The van der Waals surface area contributed by atoms with Gasteiger partial charge in [-0.25, -0.2) is 0 Å². The quantitative estimate of drug-likeness (QED) is 0.456. The SMILES string of the molecule is C[C@]12CCC(=O)C=C1CC(O[Si](C)(C)C)[C@@H]1[C@H]2CC[C@]2(C)C(O[Si](C)(C)C)CC[C@@H]12. The average molecular weight is 449 g/mol. The summed E-state index contributed by atoms with van der Waals surface area (Å²) in [6.45, 7) is 19.0. The number of ketones is 1. The van der Waals surface area contributed by atoms with Gasteiger partial charge in [0.05, 0.1) is 12.2 Å². The average Bonchev–Trinajstić information content (AvgIpc) is 2.90. The zero-order chi connectivity index (χ0) is 22.1. The van der Waals surface area contributed by atoms with Crippen LogP contribution in [0.1, 0.15) is 58.8 Å². The molecule has 0 aliphatic heterocycles.